The molecule has 1 rings (SSSR count). The zero-order chi connectivity index (χ0) is 12.1. The Kier molecular flexibility index (Phi) is 4.71. The van der Waals surface area contributed by atoms with Gasteiger partial charge in [0.15, 0.2) is 11.6 Å². The van der Waals surface area contributed by atoms with Crippen molar-refractivity contribution in [3.63, 3.8) is 0 Å². The van der Waals surface area contributed by atoms with E-state index < -0.39 is 11.9 Å². The maximum atomic E-state index is 13.4. The molecule has 1 aromatic rings. The van der Waals surface area contributed by atoms with Gasteiger partial charge in [0.05, 0.1) is 19.3 Å². The highest BCUT2D eigenvalue weighted by Crippen LogP contribution is 2.24. The second kappa shape index (κ2) is 5.82. The molecule has 0 bridgehead atoms. The number of hydrogen-bond acceptors (Lipinski definition) is 3. The van der Waals surface area contributed by atoms with Gasteiger partial charge in [-0.1, -0.05) is 6.07 Å². The molecule has 0 aliphatic heterocycles. The van der Waals surface area contributed by atoms with Crippen molar-refractivity contribution in [1.29, 1.82) is 0 Å². The lowest BCUT2D eigenvalue weighted by Gasteiger charge is -2.16. The van der Waals surface area contributed by atoms with Crippen molar-refractivity contribution in [3.05, 3.63) is 29.6 Å². The molecule has 0 aliphatic carbocycles. The van der Waals surface area contributed by atoms with Gasteiger partial charge in [-0.2, -0.15) is 0 Å². The molecule has 0 amide bonds. The Labute approximate surface area is 94.8 Å². The fourth-order valence-electron chi connectivity index (χ4n) is 1.44. The molecule has 0 saturated carbocycles. The average Bonchev–Trinajstić information content (AvgIpc) is 2.28. The summed E-state index contributed by atoms with van der Waals surface area (Å²) in [7, 11) is 2.98. The van der Waals surface area contributed by atoms with Crippen LogP contribution in [0.1, 0.15) is 25.0 Å². The van der Waals surface area contributed by atoms with Gasteiger partial charge in [0.2, 0.25) is 0 Å². The summed E-state index contributed by atoms with van der Waals surface area (Å²) in [6.07, 6.45) is -0.363. The Bertz CT molecular complexity index is 341. The fraction of sp³-hybridized carbons (Fsp3) is 0.500. The normalized spacial score (nSPS) is 14.6. The van der Waals surface area contributed by atoms with Crippen LogP contribution in [0.2, 0.25) is 0 Å². The molecule has 90 valence electrons. The topological polar surface area (TPSA) is 38.7 Å². The number of methoxy groups -OCH3 is 2. The molecule has 0 radical (unpaired) electrons. The van der Waals surface area contributed by atoms with E-state index in [0.29, 0.717) is 12.0 Å². The first-order chi connectivity index (χ1) is 7.58. The molecule has 0 fully saturated rings. The quantitative estimate of drug-likeness (QED) is 0.840. The van der Waals surface area contributed by atoms with E-state index in [-0.39, 0.29) is 11.9 Å². The lowest BCUT2D eigenvalue weighted by molar-refractivity contribution is 0.0558. The van der Waals surface area contributed by atoms with Crippen LogP contribution in [-0.2, 0) is 4.74 Å². The molecule has 3 nitrogen and oxygen atoms in total. The second-order valence-corrected chi connectivity index (χ2v) is 3.69. The van der Waals surface area contributed by atoms with Gasteiger partial charge in [-0.3, -0.25) is 0 Å². The number of ether oxygens (including phenoxy) is 2. The van der Waals surface area contributed by atoms with Gasteiger partial charge in [0, 0.05) is 13.5 Å². The van der Waals surface area contributed by atoms with Crippen LogP contribution in [0.3, 0.4) is 0 Å². The summed E-state index contributed by atoms with van der Waals surface area (Å²) >= 11 is 0. The van der Waals surface area contributed by atoms with Gasteiger partial charge in [-0.15, -0.1) is 0 Å². The minimum absolute atomic E-state index is 0.0693. The summed E-state index contributed by atoms with van der Waals surface area (Å²) in [5, 5.41) is 9.82. The SMILES string of the molecule is COc1ccc(C(O)CC(C)OC)cc1F. The van der Waals surface area contributed by atoms with E-state index in [1.165, 1.54) is 19.2 Å². The summed E-state index contributed by atoms with van der Waals surface area (Å²) in [5.74, 6) is -0.292. The number of aliphatic hydroxyl groups excluding tert-OH is 1. The Morgan fingerprint density at radius 3 is 2.56 bits per heavy atom. The van der Waals surface area contributed by atoms with E-state index in [9.17, 15) is 9.50 Å². The first-order valence-corrected chi connectivity index (χ1v) is 5.12. The van der Waals surface area contributed by atoms with Crippen LogP contribution in [0.5, 0.6) is 5.75 Å². The van der Waals surface area contributed by atoms with Crippen molar-refractivity contribution in [2.45, 2.75) is 25.6 Å². The third-order valence-corrected chi connectivity index (χ3v) is 2.52. The summed E-state index contributed by atoms with van der Waals surface area (Å²) in [6, 6.07) is 4.44. The number of aliphatic hydroxyl groups is 1. The number of rotatable bonds is 5. The summed E-state index contributed by atoms with van der Waals surface area (Å²) < 4.78 is 23.2. The molecule has 0 heterocycles. The highest BCUT2D eigenvalue weighted by Gasteiger charge is 2.14. The molecule has 0 aliphatic rings. The second-order valence-electron chi connectivity index (χ2n) is 3.69. The van der Waals surface area contributed by atoms with Crippen LogP contribution >= 0.6 is 0 Å². The minimum Gasteiger partial charge on any atom is -0.494 e. The first-order valence-electron chi connectivity index (χ1n) is 5.12. The third-order valence-electron chi connectivity index (χ3n) is 2.52. The van der Waals surface area contributed by atoms with Crippen molar-refractivity contribution in [3.8, 4) is 5.75 Å². The lowest BCUT2D eigenvalue weighted by atomic mass is 10.0. The van der Waals surface area contributed by atoms with E-state index in [0.717, 1.165) is 0 Å². The van der Waals surface area contributed by atoms with Gasteiger partial charge < -0.3 is 14.6 Å². The van der Waals surface area contributed by atoms with E-state index in [2.05, 4.69) is 0 Å². The molecule has 0 spiro atoms. The van der Waals surface area contributed by atoms with Crippen LogP contribution in [0.4, 0.5) is 4.39 Å². The fourth-order valence-corrected chi connectivity index (χ4v) is 1.44. The van der Waals surface area contributed by atoms with Gasteiger partial charge in [-0.05, 0) is 24.6 Å². The molecule has 1 N–H and O–H groups in total. The zero-order valence-corrected chi connectivity index (χ0v) is 9.74. The Balaban J connectivity index is 2.76. The molecular weight excluding hydrogens is 211 g/mol. The highest BCUT2D eigenvalue weighted by atomic mass is 19.1. The van der Waals surface area contributed by atoms with Gasteiger partial charge in [0.1, 0.15) is 0 Å². The van der Waals surface area contributed by atoms with Crippen LogP contribution in [0.25, 0.3) is 0 Å². The predicted octanol–water partition coefficient (Wildman–Crippen LogP) is 2.29. The van der Waals surface area contributed by atoms with Crippen LogP contribution in [0, 0.1) is 5.82 Å². The van der Waals surface area contributed by atoms with E-state index >= 15 is 0 Å². The largest absolute Gasteiger partial charge is 0.494 e. The summed E-state index contributed by atoms with van der Waals surface area (Å²) in [4.78, 5) is 0. The molecular formula is C12H17FO3. The Morgan fingerprint density at radius 2 is 2.06 bits per heavy atom. The molecule has 4 heteroatoms. The summed E-state index contributed by atoms with van der Waals surface area (Å²) in [6.45, 7) is 1.85. The van der Waals surface area contributed by atoms with Gasteiger partial charge in [-0.25, -0.2) is 4.39 Å². The van der Waals surface area contributed by atoms with Crippen molar-refractivity contribution in [2.24, 2.45) is 0 Å². The molecule has 0 saturated heterocycles. The maximum absolute atomic E-state index is 13.4. The first kappa shape index (κ1) is 12.9. The van der Waals surface area contributed by atoms with Crippen LogP contribution in [-0.4, -0.2) is 25.4 Å². The molecule has 16 heavy (non-hydrogen) atoms. The smallest absolute Gasteiger partial charge is 0.165 e. The van der Waals surface area contributed by atoms with Gasteiger partial charge >= 0.3 is 0 Å². The average molecular weight is 228 g/mol. The van der Waals surface area contributed by atoms with Crippen LogP contribution in [0.15, 0.2) is 18.2 Å². The van der Waals surface area contributed by atoms with Crippen molar-refractivity contribution < 1.29 is 19.0 Å². The van der Waals surface area contributed by atoms with Crippen molar-refractivity contribution in [2.75, 3.05) is 14.2 Å². The Hall–Kier alpha value is -1.13. The molecule has 1 aromatic carbocycles. The number of benzene rings is 1. The van der Waals surface area contributed by atoms with Crippen molar-refractivity contribution >= 4 is 0 Å². The number of halogens is 1. The monoisotopic (exact) mass is 228 g/mol. The van der Waals surface area contributed by atoms with E-state index in [1.807, 2.05) is 6.92 Å². The molecule has 0 aromatic heterocycles. The van der Waals surface area contributed by atoms with Gasteiger partial charge in [0.25, 0.3) is 0 Å². The highest BCUT2D eigenvalue weighted by molar-refractivity contribution is 5.30. The Morgan fingerprint density at radius 1 is 1.38 bits per heavy atom. The van der Waals surface area contributed by atoms with Crippen molar-refractivity contribution in [1.82, 2.24) is 0 Å². The molecule has 2 unspecified atom stereocenters. The zero-order valence-electron chi connectivity index (χ0n) is 9.74. The van der Waals surface area contributed by atoms with E-state index in [1.54, 1.807) is 13.2 Å². The molecule has 2 atom stereocenters. The number of hydrogen-bond donors (Lipinski definition) is 1. The maximum Gasteiger partial charge on any atom is 0.165 e. The predicted molar refractivity (Wildman–Crippen MR) is 59.0 cm³/mol. The third kappa shape index (κ3) is 3.18. The minimum atomic E-state index is -0.727. The van der Waals surface area contributed by atoms with Crippen LogP contribution < -0.4 is 4.74 Å². The lowest BCUT2D eigenvalue weighted by Crippen LogP contribution is -2.11. The van der Waals surface area contributed by atoms with E-state index in [4.69, 9.17) is 9.47 Å². The standard InChI is InChI=1S/C12H17FO3/c1-8(15-2)6-11(14)9-4-5-12(16-3)10(13)7-9/h4-5,7-8,11,14H,6H2,1-3H3. The summed E-state index contributed by atoms with van der Waals surface area (Å²) in [5.41, 5.74) is 0.530.